The number of aromatic nitrogens is 2. The molecule has 0 spiro atoms. The van der Waals surface area contributed by atoms with Gasteiger partial charge in [0.15, 0.2) is 5.60 Å². The maximum absolute atomic E-state index is 11.6. The normalized spacial score (nSPS) is 14.1. The number of fused-ring (bicyclic) bond motifs is 2. The lowest BCUT2D eigenvalue weighted by atomic mass is 10.0. The smallest absolute Gasteiger partial charge is 0.411 e. The average Bonchev–Trinajstić information content (AvgIpc) is 3.56. The van der Waals surface area contributed by atoms with Crippen LogP contribution in [0.25, 0.3) is 0 Å². The number of nitrogens with zero attached hydrogens (tertiary/aromatic N) is 4. The molecule has 2 amide bonds. The summed E-state index contributed by atoms with van der Waals surface area (Å²) in [6.45, 7) is 8.77. The number of nitro groups is 2. The molecule has 0 unspecified atom stereocenters. The third kappa shape index (κ3) is 10.5. The molecule has 4 aromatic rings. The Labute approximate surface area is 300 Å². The van der Waals surface area contributed by atoms with Crippen LogP contribution in [-0.4, -0.2) is 61.8 Å². The molecule has 0 radical (unpaired) electrons. The number of aromatic amines is 1. The van der Waals surface area contributed by atoms with Gasteiger partial charge in [0.2, 0.25) is 0 Å². The number of phenols is 1. The molecule has 18 nitrogen and oxygen atoms in total. The van der Waals surface area contributed by atoms with Crippen molar-refractivity contribution in [2.24, 2.45) is 0 Å². The van der Waals surface area contributed by atoms with Crippen molar-refractivity contribution >= 4 is 46.1 Å². The van der Waals surface area contributed by atoms with E-state index in [9.17, 15) is 29.8 Å². The summed E-state index contributed by atoms with van der Waals surface area (Å²) in [4.78, 5) is 51.9. The van der Waals surface area contributed by atoms with Crippen molar-refractivity contribution in [2.75, 3.05) is 34.9 Å². The summed E-state index contributed by atoms with van der Waals surface area (Å²) in [6, 6.07) is 13.1. The number of nitro benzene ring substituents is 2. The first kappa shape index (κ1) is 41.6. The summed E-state index contributed by atoms with van der Waals surface area (Å²) in [6.07, 6.45) is 2.97. The van der Waals surface area contributed by atoms with E-state index in [0.717, 1.165) is 29.7 Å². The van der Waals surface area contributed by atoms with Gasteiger partial charge in [0.05, 0.1) is 59.1 Å². The first-order valence-electron chi connectivity index (χ1n) is 14.9. The Morgan fingerprint density at radius 3 is 2.25 bits per heavy atom. The molecule has 3 heterocycles. The summed E-state index contributed by atoms with van der Waals surface area (Å²) < 4.78 is 16.1. The summed E-state index contributed by atoms with van der Waals surface area (Å²) in [5.74, 6) is 0.766. The van der Waals surface area contributed by atoms with Crippen LogP contribution in [0.4, 0.5) is 38.9 Å². The molecule has 2 aliphatic heterocycles. The number of imidazole rings is 1. The standard InChI is InChI=1S/C16H20N4O3.C10H10N2O4.C6H6N2O3.2CH4/c1-16(2)9-20(8-12-7-17-10-18-12)13-6-11(19-15(21)22-3)4-5-14(13)23-16;1-10(2)9(13)11-7-5-6(12(14)15)3-4-8(7)16-10;7-5-3-4(8(10)11)1-2-6(5)9;;/h4-7,10H,8-9H2,1-3H3,(H,17,18)(H,19,21);3-5H,1-2H3,(H,11,13);1-3,9H,7H2;2*1H4. The number of nitrogens with one attached hydrogen (secondary N) is 3. The van der Waals surface area contributed by atoms with E-state index in [2.05, 4.69) is 44.1 Å². The molecule has 2 aliphatic rings. The fourth-order valence-electron chi connectivity index (χ4n) is 4.76. The molecule has 6 N–H and O–H groups in total. The largest absolute Gasteiger partial charge is 0.506 e. The van der Waals surface area contributed by atoms with Crippen LogP contribution in [0.1, 0.15) is 48.2 Å². The Hall–Kier alpha value is -6.59. The third-order valence-corrected chi connectivity index (χ3v) is 7.16. The van der Waals surface area contributed by atoms with Crippen molar-refractivity contribution in [1.29, 1.82) is 0 Å². The highest BCUT2D eigenvalue weighted by molar-refractivity contribution is 6.00. The maximum Gasteiger partial charge on any atom is 0.411 e. The van der Waals surface area contributed by atoms with Gasteiger partial charge in [-0.3, -0.25) is 30.3 Å². The van der Waals surface area contributed by atoms with E-state index in [1.165, 1.54) is 37.4 Å². The summed E-state index contributed by atoms with van der Waals surface area (Å²) in [7, 11) is 1.34. The summed E-state index contributed by atoms with van der Waals surface area (Å²) in [5, 5.41) is 34.8. The second-order valence-electron chi connectivity index (χ2n) is 12.1. The topological polar surface area (TPSA) is 250 Å². The maximum atomic E-state index is 11.6. The molecule has 3 aromatic carbocycles. The number of aromatic hydroxyl groups is 1. The molecule has 6 rings (SSSR count). The van der Waals surface area contributed by atoms with Crippen LogP contribution in [0.5, 0.6) is 17.2 Å². The van der Waals surface area contributed by atoms with E-state index in [-0.39, 0.29) is 49.2 Å². The van der Waals surface area contributed by atoms with Crippen molar-refractivity contribution in [1.82, 2.24) is 9.97 Å². The molecular formula is C34H44N8O10. The zero-order valence-corrected chi connectivity index (χ0v) is 27.8. The molecule has 0 aliphatic carbocycles. The number of rotatable bonds is 5. The molecule has 52 heavy (non-hydrogen) atoms. The van der Waals surface area contributed by atoms with E-state index in [1.807, 2.05) is 12.1 Å². The van der Waals surface area contributed by atoms with Gasteiger partial charge in [-0.15, -0.1) is 0 Å². The lowest BCUT2D eigenvalue weighted by Crippen LogP contribution is -2.46. The fourth-order valence-corrected chi connectivity index (χ4v) is 4.76. The molecule has 0 saturated carbocycles. The predicted octanol–water partition coefficient (Wildman–Crippen LogP) is 6.62. The predicted molar refractivity (Wildman–Crippen MR) is 196 cm³/mol. The highest BCUT2D eigenvalue weighted by Gasteiger charge is 2.36. The van der Waals surface area contributed by atoms with Crippen LogP contribution in [0.2, 0.25) is 0 Å². The van der Waals surface area contributed by atoms with Crippen LogP contribution in [0.15, 0.2) is 67.1 Å². The molecule has 280 valence electrons. The van der Waals surface area contributed by atoms with Gasteiger partial charge in [-0.1, -0.05) is 14.9 Å². The monoisotopic (exact) mass is 724 g/mol. The van der Waals surface area contributed by atoms with E-state index in [4.69, 9.17) is 20.3 Å². The number of hydrogen-bond donors (Lipinski definition) is 5. The van der Waals surface area contributed by atoms with Crippen molar-refractivity contribution < 1.29 is 38.8 Å². The fraction of sp³-hybridized carbons (Fsp3) is 0.324. The number of nitrogen functional groups attached to an aromatic ring is 1. The number of nitrogens with two attached hydrogens (primary N) is 1. The number of non-ortho nitro benzene ring substituents is 2. The van der Waals surface area contributed by atoms with E-state index >= 15 is 0 Å². The van der Waals surface area contributed by atoms with Crippen LogP contribution in [0, 0.1) is 20.2 Å². The first-order chi connectivity index (χ1) is 23.5. The molecule has 0 fully saturated rings. The number of amides is 2. The molecule has 0 saturated heterocycles. The number of methoxy groups -OCH3 is 1. The van der Waals surface area contributed by atoms with Gasteiger partial charge in [-0.05, 0) is 58.0 Å². The van der Waals surface area contributed by atoms with E-state index in [0.29, 0.717) is 23.7 Å². The molecule has 0 bridgehead atoms. The Bertz CT molecular complexity index is 1900. The van der Waals surface area contributed by atoms with Crippen molar-refractivity contribution in [3.63, 3.8) is 0 Å². The van der Waals surface area contributed by atoms with Crippen LogP contribution in [-0.2, 0) is 16.1 Å². The second kappa shape index (κ2) is 16.9. The number of carbonyl (C=O) groups is 2. The SMILES string of the molecule is C.C.CC1(C)Oc2ccc([N+](=O)[O-])cc2NC1=O.COC(=O)Nc1ccc2c(c1)N(Cc1cnc[nH]1)CC(C)(C)O2.Nc1cc([N+](=O)[O-])ccc1O. The van der Waals surface area contributed by atoms with Gasteiger partial charge in [0.25, 0.3) is 17.3 Å². The quantitative estimate of drug-likeness (QED) is 0.0628. The molecular weight excluding hydrogens is 680 g/mol. The zero-order valence-electron chi connectivity index (χ0n) is 27.8. The third-order valence-electron chi connectivity index (χ3n) is 7.16. The Kier molecular flexibility index (Phi) is 13.5. The Morgan fingerprint density at radius 1 is 1.02 bits per heavy atom. The number of hydrogen-bond acceptors (Lipinski definition) is 13. The van der Waals surface area contributed by atoms with Crippen molar-refractivity contribution in [3.8, 4) is 17.2 Å². The zero-order chi connectivity index (χ0) is 36.8. The Balaban J connectivity index is 0.000000283. The minimum absolute atomic E-state index is 0. The number of phenolic OH excluding ortho intramolecular Hbond substituents is 1. The highest BCUT2D eigenvalue weighted by atomic mass is 16.6. The van der Waals surface area contributed by atoms with Gasteiger partial charge in [-0.2, -0.15) is 0 Å². The van der Waals surface area contributed by atoms with Crippen LogP contribution >= 0.6 is 0 Å². The lowest BCUT2D eigenvalue weighted by Gasteiger charge is -2.41. The highest BCUT2D eigenvalue weighted by Crippen LogP contribution is 2.40. The van der Waals surface area contributed by atoms with Gasteiger partial charge >= 0.3 is 6.09 Å². The summed E-state index contributed by atoms with van der Waals surface area (Å²) in [5.41, 5.74) is 6.69. The molecule has 1 aromatic heterocycles. The van der Waals surface area contributed by atoms with Gasteiger partial charge < -0.3 is 40.3 Å². The van der Waals surface area contributed by atoms with Gasteiger partial charge in [-0.25, -0.2) is 9.78 Å². The van der Waals surface area contributed by atoms with Crippen LogP contribution in [0.3, 0.4) is 0 Å². The second-order valence-corrected chi connectivity index (χ2v) is 12.1. The summed E-state index contributed by atoms with van der Waals surface area (Å²) >= 11 is 0. The number of H-pyrrole nitrogens is 1. The molecule has 18 heteroatoms. The van der Waals surface area contributed by atoms with Gasteiger partial charge in [0.1, 0.15) is 22.8 Å². The lowest BCUT2D eigenvalue weighted by molar-refractivity contribution is -0.385. The van der Waals surface area contributed by atoms with Crippen LogP contribution < -0.4 is 30.7 Å². The average molecular weight is 725 g/mol. The van der Waals surface area contributed by atoms with Crippen molar-refractivity contribution in [3.05, 3.63) is 93.0 Å². The number of anilines is 4. The minimum Gasteiger partial charge on any atom is -0.506 e. The number of carbonyl (C=O) groups excluding carboxylic acids is 2. The number of ether oxygens (including phenoxy) is 3. The Morgan fingerprint density at radius 2 is 1.65 bits per heavy atom. The van der Waals surface area contributed by atoms with Crippen molar-refractivity contribution in [2.45, 2.75) is 60.3 Å². The molecule has 0 atom stereocenters. The van der Waals surface area contributed by atoms with Gasteiger partial charge in [0, 0.05) is 36.1 Å². The first-order valence-corrected chi connectivity index (χ1v) is 14.9. The minimum atomic E-state index is -0.955. The number of benzene rings is 3. The van der Waals surface area contributed by atoms with E-state index < -0.39 is 21.5 Å². The van der Waals surface area contributed by atoms with E-state index in [1.54, 1.807) is 32.4 Å².